The minimum Gasteiger partial charge on any atom is -0.491 e. The third-order valence-corrected chi connectivity index (χ3v) is 3.09. The zero-order valence-electron chi connectivity index (χ0n) is 13.4. The maximum atomic E-state index is 12.4. The van der Waals surface area contributed by atoms with Crippen LogP contribution in [0.4, 0.5) is 5.82 Å². The number of aromatic carboxylic acids is 1. The van der Waals surface area contributed by atoms with Crippen LogP contribution in [0.2, 0.25) is 0 Å². The molecule has 0 aliphatic carbocycles. The molecular formula is C17H19N3O4. The molecule has 0 unspecified atom stereocenters. The van der Waals surface area contributed by atoms with Gasteiger partial charge >= 0.3 is 5.97 Å². The first kappa shape index (κ1) is 17.4. The highest BCUT2D eigenvalue weighted by molar-refractivity contribution is 6.04. The molecule has 24 heavy (non-hydrogen) atoms. The van der Waals surface area contributed by atoms with Gasteiger partial charge in [-0.05, 0) is 49.7 Å². The molecule has 2 rings (SSSR count). The lowest BCUT2D eigenvalue weighted by atomic mass is 10.1. The summed E-state index contributed by atoms with van der Waals surface area (Å²) in [5.74, 6) is -0.636. The van der Waals surface area contributed by atoms with Crippen molar-refractivity contribution in [2.45, 2.75) is 26.5 Å². The molecular weight excluding hydrogens is 310 g/mol. The average Bonchev–Trinajstić information content (AvgIpc) is 2.54. The first-order chi connectivity index (χ1) is 11.4. The summed E-state index contributed by atoms with van der Waals surface area (Å²) in [6, 6.07) is 7.89. The quantitative estimate of drug-likeness (QED) is 0.749. The van der Waals surface area contributed by atoms with Gasteiger partial charge in [0.1, 0.15) is 11.6 Å². The van der Waals surface area contributed by atoms with Crippen molar-refractivity contribution in [3.05, 3.63) is 53.2 Å². The number of nitrogens with two attached hydrogens (primary N) is 1. The van der Waals surface area contributed by atoms with E-state index in [1.165, 1.54) is 18.3 Å². The summed E-state index contributed by atoms with van der Waals surface area (Å²) in [5.41, 5.74) is 6.87. The normalized spacial score (nSPS) is 10.5. The van der Waals surface area contributed by atoms with Gasteiger partial charge in [0.25, 0.3) is 5.91 Å². The fourth-order valence-corrected chi connectivity index (χ4v) is 2.03. The van der Waals surface area contributed by atoms with E-state index < -0.39 is 5.97 Å². The Labute approximate surface area is 139 Å². The lowest BCUT2D eigenvalue weighted by Crippen LogP contribution is -2.15. The Bertz CT molecular complexity index is 742. The van der Waals surface area contributed by atoms with Crippen molar-refractivity contribution >= 4 is 17.7 Å². The summed E-state index contributed by atoms with van der Waals surface area (Å²) >= 11 is 0. The lowest BCUT2D eigenvalue weighted by molar-refractivity contribution is 0.0696. The highest BCUT2D eigenvalue weighted by atomic mass is 16.5. The second-order valence-corrected chi connectivity index (χ2v) is 5.43. The van der Waals surface area contributed by atoms with Crippen molar-refractivity contribution < 1.29 is 19.4 Å². The van der Waals surface area contributed by atoms with E-state index in [1.54, 1.807) is 18.2 Å². The fraction of sp³-hybridized carbons (Fsp3) is 0.235. The molecule has 0 saturated heterocycles. The molecule has 0 atom stereocenters. The van der Waals surface area contributed by atoms with E-state index in [-0.39, 0.29) is 29.9 Å². The van der Waals surface area contributed by atoms with Crippen LogP contribution < -0.4 is 15.8 Å². The van der Waals surface area contributed by atoms with Crippen LogP contribution in [-0.2, 0) is 6.54 Å². The van der Waals surface area contributed by atoms with Crippen LogP contribution in [0, 0.1) is 0 Å². The number of carbonyl (C=O) groups excluding carboxylic acids is 1. The van der Waals surface area contributed by atoms with Crippen LogP contribution in [0.3, 0.4) is 0 Å². The first-order valence-corrected chi connectivity index (χ1v) is 7.40. The monoisotopic (exact) mass is 329 g/mol. The number of carbonyl (C=O) groups is 2. The van der Waals surface area contributed by atoms with E-state index in [0.29, 0.717) is 11.3 Å². The summed E-state index contributed by atoms with van der Waals surface area (Å²) in [6.45, 7) is 4.06. The van der Waals surface area contributed by atoms with E-state index in [9.17, 15) is 9.59 Å². The molecule has 0 fully saturated rings. The summed E-state index contributed by atoms with van der Waals surface area (Å²) < 4.78 is 5.62. The molecule has 1 aromatic carbocycles. The van der Waals surface area contributed by atoms with Crippen molar-refractivity contribution in [1.29, 1.82) is 0 Å². The molecule has 1 amide bonds. The largest absolute Gasteiger partial charge is 0.491 e. The highest BCUT2D eigenvalue weighted by Gasteiger charge is 2.12. The van der Waals surface area contributed by atoms with Crippen molar-refractivity contribution in [2.24, 2.45) is 5.73 Å². The van der Waals surface area contributed by atoms with Gasteiger partial charge in [0.15, 0.2) is 0 Å². The number of rotatable bonds is 6. The van der Waals surface area contributed by atoms with Crippen LogP contribution in [0.1, 0.15) is 40.1 Å². The van der Waals surface area contributed by atoms with Crippen LogP contribution in [0.25, 0.3) is 0 Å². The number of aromatic nitrogens is 1. The highest BCUT2D eigenvalue weighted by Crippen LogP contribution is 2.19. The van der Waals surface area contributed by atoms with E-state index in [2.05, 4.69) is 10.3 Å². The third kappa shape index (κ3) is 4.53. The number of amides is 1. The number of benzene rings is 1. The second kappa shape index (κ2) is 7.56. The molecule has 7 heteroatoms. The van der Waals surface area contributed by atoms with Crippen LogP contribution in [0.5, 0.6) is 5.75 Å². The van der Waals surface area contributed by atoms with Gasteiger partial charge in [-0.2, -0.15) is 0 Å². The standard InChI is InChI=1S/C17H19N3O4/c1-10(2)24-14-6-11(8-18)5-13(7-14)16(21)20-15-4-3-12(9-19-15)17(22)23/h3-7,9-10H,8,18H2,1-2H3,(H,22,23)(H,19,20,21). The Morgan fingerprint density at radius 3 is 2.54 bits per heavy atom. The Morgan fingerprint density at radius 2 is 2.00 bits per heavy atom. The van der Waals surface area contributed by atoms with Gasteiger partial charge in [0, 0.05) is 18.3 Å². The van der Waals surface area contributed by atoms with Crippen molar-refractivity contribution in [1.82, 2.24) is 4.98 Å². The number of hydrogen-bond acceptors (Lipinski definition) is 5. The summed E-state index contributed by atoms with van der Waals surface area (Å²) in [7, 11) is 0. The lowest BCUT2D eigenvalue weighted by Gasteiger charge is -2.13. The average molecular weight is 329 g/mol. The van der Waals surface area contributed by atoms with Crippen LogP contribution >= 0.6 is 0 Å². The topological polar surface area (TPSA) is 115 Å². The van der Waals surface area contributed by atoms with Gasteiger partial charge < -0.3 is 20.9 Å². The van der Waals surface area contributed by atoms with Gasteiger partial charge in [-0.15, -0.1) is 0 Å². The zero-order valence-corrected chi connectivity index (χ0v) is 13.4. The van der Waals surface area contributed by atoms with Gasteiger partial charge in [0.2, 0.25) is 0 Å². The van der Waals surface area contributed by atoms with Crippen molar-refractivity contribution in [3.63, 3.8) is 0 Å². The maximum Gasteiger partial charge on any atom is 0.337 e. The molecule has 7 nitrogen and oxygen atoms in total. The molecule has 0 bridgehead atoms. The van der Waals surface area contributed by atoms with E-state index in [1.807, 2.05) is 13.8 Å². The molecule has 4 N–H and O–H groups in total. The second-order valence-electron chi connectivity index (χ2n) is 5.43. The van der Waals surface area contributed by atoms with Gasteiger partial charge in [0.05, 0.1) is 11.7 Å². The van der Waals surface area contributed by atoms with Gasteiger partial charge in [-0.1, -0.05) is 0 Å². The number of ether oxygens (including phenoxy) is 1. The van der Waals surface area contributed by atoms with Crippen molar-refractivity contribution in [3.8, 4) is 5.75 Å². The zero-order chi connectivity index (χ0) is 17.7. The molecule has 0 aliphatic heterocycles. The molecule has 0 spiro atoms. The SMILES string of the molecule is CC(C)Oc1cc(CN)cc(C(=O)Nc2ccc(C(=O)O)cn2)c1. The van der Waals surface area contributed by atoms with E-state index >= 15 is 0 Å². The van der Waals surface area contributed by atoms with Crippen LogP contribution in [-0.4, -0.2) is 28.1 Å². The molecule has 0 aliphatic rings. The smallest absolute Gasteiger partial charge is 0.337 e. The first-order valence-electron chi connectivity index (χ1n) is 7.40. The number of pyridine rings is 1. The Morgan fingerprint density at radius 1 is 1.25 bits per heavy atom. The molecule has 2 aromatic rings. The number of hydrogen-bond donors (Lipinski definition) is 3. The number of nitrogens with zero attached hydrogens (tertiary/aromatic N) is 1. The minimum absolute atomic E-state index is 0.0286. The predicted molar refractivity (Wildman–Crippen MR) is 89.2 cm³/mol. The van der Waals surface area contributed by atoms with Crippen molar-refractivity contribution in [2.75, 3.05) is 5.32 Å². The summed E-state index contributed by atoms with van der Waals surface area (Å²) in [5, 5.41) is 11.5. The number of anilines is 1. The van der Waals surface area contributed by atoms with Gasteiger partial charge in [-0.3, -0.25) is 4.79 Å². The number of carboxylic acids is 1. The van der Waals surface area contributed by atoms with E-state index in [0.717, 1.165) is 5.56 Å². The number of nitrogens with one attached hydrogen (secondary N) is 1. The summed E-state index contributed by atoms with van der Waals surface area (Å²) in [4.78, 5) is 27.1. The molecule has 0 saturated carbocycles. The molecule has 1 heterocycles. The number of carboxylic acid groups (broad SMARTS) is 1. The fourth-order valence-electron chi connectivity index (χ4n) is 2.03. The Hall–Kier alpha value is -2.93. The maximum absolute atomic E-state index is 12.4. The Balaban J connectivity index is 2.20. The molecule has 0 radical (unpaired) electrons. The van der Waals surface area contributed by atoms with Gasteiger partial charge in [-0.25, -0.2) is 9.78 Å². The predicted octanol–water partition coefficient (Wildman–Crippen LogP) is 2.28. The third-order valence-electron chi connectivity index (χ3n) is 3.09. The molecule has 1 aromatic heterocycles. The molecule has 126 valence electrons. The summed E-state index contributed by atoms with van der Waals surface area (Å²) in [6.07, 6.45) is 1.15. The Kier molecular flexibility index (Phi) is 5.49. The minimum atomic E-state index is -1.08. The van der Waals surface area contributed by atoms with Crippen LogP contribution in [0.15, 0.2) is 36.5 Å². The van der Waals surface area contributed by atoms with E-state index in [4.69, 9.17) is 15.6 Å².